The summed E-state index contributed by atoms with van der Waals surface area (Å²) in [5, 5.41) is 8.33. The highest BCUT2D eigenvalue weighted by molar-refractivity contribution is 5.31. The number of ether oxygens (including phenoxy) is 3. The Morgan fingerprint density at radius 1 is 1.24 bits per heavy atom. The van der Waals surface area contributed by atoms with Crippen LogP contribution in [0.4, 0.5) is 0 Å². The van der Waals surface area contributed by atoms with E-state index in [1.54, 1.807) is 0 Å². The normalized spacial score (nSPS) is 20.6. The molecule has 1 heterocycles. The Morgan fingerprint density at radius 2 is 1.84 bits per heavy atom. The van der Waals surface area contributed by atoms with Crippen molar-refractivity contribution >= 4 is 0 Å². The Balaban J connectivity index is 0. The van der Waals surface area contributed by atoms with Crippen molar-refractivity contribution in [1.29, 1.82) is 0 Å². The predicted octanol–water partition coefficient (Wildman–Crippen LogP) is 5.29. The molecule has 1 fully saturated rings. The lowest BCUT2D eigenvalue weighted by atomic mass is 9.83. The number of terminal acetylenes is 1. The minimum absolute atomic E-state index is 0.0254. The fraction of sp³-hybridized carbons (Fsp3) is 0.625. The van der Waals surface area contributed by atoms with Gasteiger partial charge in [-0.05, 0) is 57.1 Å². The summed E-state index contributed by atoms with van der Waals surface area (Å²) >= 11 is 0. The van der Waals surface area contributed by atoms with E-state index >= 15 is 0 Å². The first kappa shape index (κ1) is 38.2. The van der Waals surface area contributed by atoms with Crippen LogP contribution < -0.4 is 11.5 Å². The first-order chi connectivity index (χ1) is 18.3. The first-order valence-corrected chi connectivity index (χ1v) is 14.0. The van der Waals surface area contributed by atoms with Crippen LogP contribution in [0, 0.1) is 18.3 Å². The molecule has 1 aromatic rings. The van der Waals surface area contributed by atoms with Gasteiger partial charge in [-0.25, -0.2) is 0 Å². The van der Waals surface area contributed by atoms with Gasteiger partial charge in [0.05, 0.1) is 44.7 Å². The number of hydrogen-bond donors (Lipinski definition) is 3. The van der Waals surface area contributed by atoms with E-state index in [1.165, 1.54) is 5.56 Å². The van der Waals surface area contributed by atoms with Crippen LogP contribution in [-0.4, -0.2) is 62.4 Å². The fourth-order valence-corrected chi connectivity index (χ4v) is 3.47. The summed E-state index contributed by atoms with van der Waals surface area (Å²) in [4.78, 5) is 0. The Labute approximate surface area is 233 Å². The van der Waals surface area contributed by atoms with E-state index in [1.807, 2.05) is 32.9 Å². The molecule has 1 saturated heterocycles. The zero-order chi connectivity index (χ0) is 29.2. The van der Waals surface area contributed by atoms with Crippen LogP contribution in [0.15, 0.2) is 55.1 Å². The van der Waals surface area contributed by atoms with Crippen molar-refractivity contribution in [1.82, 2.24) is 0 Å². The summed E-state index contributed by atoms with van der Waals surface area (Å²) in [6, 6.07) is 10.5. The zero-order valence-corrected chi connectivity index (χ0v) is 24.8. The lowest BCUT2D eigenvalue weighted by Gasteiger charge is -2.42. The van der Waals surface area contributed by atoms with Crippen molar-refractivity contribution in [2.75, 3.05) is 39.6 Å². The van der Waals surface area contributed by atoms with Crippen molar-refractivity contribution in [2.45, 2.75) is 84.5 Å². The molecule has 0 bridgehead atoms. The largest absolute Gasteiger partial charge is 0.394 e. The molecule has 0 spiro atoms. The summed E-state index contributed by atoms with van der Waals surface area (Å²) < 4.78 is 16.2. The van der Waals surface area contributed by atoms with E-state index in [4.69, 9.17) is 37.2 Å². The Kier molecular flexibility index (Phi) is 25.4. The molecule has 4 atom stereocenters. The van der Waals surface area contributed by atoms with Gasteiger partial charge in [0.15, 0.2) is 0 Å². The minimum atomic E-state index is -0.427. The first-order valence-electron chi connectivity index (χ1n) is 14.0. The molecule has 1 aromatic carbocycles. The SMILES string of the molecule is C#CC(=C)[C@@]1(C)CCC(N)[C@H](CC(C)CN)O1.C=CCCOCCOCCO.CC.CCc1ccccc1. The standard InChI is InChI=1S/C14H24N2O.C8H16O3.C8H10.C2H6/c1-5-11(3)14(4)7-6-12(16)13(17-14)8-10(2)9-15;1-2-3-5-10-7-8-11-6-4-9;1-2-8-6-4-3-5-7-8;1-2/h1,10,12-13H,3,6-9,15-16H2,2,4H3;2,9H,1,3-8H2;3-7H,2H2,1H3;1-2H3/t10?,12?,13-,14+;;;/m0.../s1. The van der Waals surface area contributed by atoms with Gasteiger partial charge in [0.1, 0.15) is 0 Å². The van der Waals surface area contributed by atoms with E-state index in [9.17, 15) is 0 Å². The molecule has 0 amide bonds. The van der Waals surface area contributed by atoms with E-state index < -0.39 is 5.60 Å². The molecule has 1 aliphatic rings. The van der Waals surface area contributed by atoms with Gasteiger partial charge in [0.25, 0.3) is 0 Å². The van der Waals surface area contributed by atoms with Gasteiger partial charge in [0.2, 0.25) is 0 Å². The fourth-order valence-electron chi connectivity index (χ4n) is 3.47. The second-order valence-electron chi connectivity index (χ2n) is 9.15. The van der Waals surface area contributed by atoms with E-state index in [0.29, 0.717) is 44.5 Å². The van der Waals surface area contributed by atoms with Crippen molar-refractivity contribution in [2.24, 2.45) is 17.4 Å². The number of rotatable bonds is 13. The van der Waals surface area contributed by atoms with Gasteiger partial charge >= 0.3 is 0 Å². The molecule has 5 N–H and O–H groups in total. The molecule has 2 unspecified atom stereocenters. The number of aliphatic hydroxyl groups excluding tert-OH is 1. The summed E-state index contributed by atoms with van der Waals surface area (Å²) in [5.41, 5.74) is 13.4. The number of aryl methyl sites for hydroxylation is 1. The van der Waals surface area contributed by atoms with E-state index in [2.05, 4.69) is 57.2 Å². The van der Waals surface area contributed by atoms with Crippen LogP contribution in [0.3, 0.4) is 0 Å². The lowest BCUT2D eigenvalue weighted by molar-refractivity contribution is -0.109. The lowest BCUT2D eigenvalue weighted by Crippen LogP contribution is -2.50. The summed E-state index contributed by atoms with van der Waals surface area (Å²) in [5.74, 6) is 3.00. The van der Waals surface area contributed by atoms with Gasteiger partial charge < -0.3 is 30.8 Å². The zero-order valence-electron chi connectivity index (χ0n) is 24.8. The maximum Gasteiger partial charge on any atom is 0.0979 e. The van der Waals surface area contributed by atoms with Crippen molar-refractivity contribution in [3.63, 3.8) is 0 Å². The molecule has 0 aromatic heterocycles. The summed E-state index contributed by atoms with van der Waals surface area (Å²) in [7, 11) is 0. The smallest absolute Gasteiger partial charge is 0.0979 e. The third-order valence-electron chi connectivity index (χ3n) is 6.02. The van der Waals surface area contributed by atoms with Gasteiger partial charge in [-0.1, -0.05) is 76.6 Å². The topological polar surface area (TPSA) is 100.0 Å². The molecule has 0 aliphatic carbocycles. The molecular formula is C32H56N2O4. The predicted molar refractivity (Wildman–Crippen MR) is 162 cm³/mol. The highest BCUT2D eigenvalue weighted by Crippen LogP contribution is 2.35. The summed E-state index contributed by atoms with van der Waals surface area (Å²) in [6.07, 6.45) is 11.9. The van der Waals surface area contributed by atoms with Crippen molar-refractivity contribution in [3.05, 3.63) is 60.7 Å². The third kappa shape index (κ3) is 18.3. The Bertz CT molecular complexity index is 735. The molecule has 6 nitrogen and oxygen atoms in total. The number of hydrogen-bond acceptors (Lipinski definition) is 6. The van der Waals surface area contributed by atoms with E-state index in [0.717, 1.165) is 32.1 Å². The van der Waals surface area contributed by atoms with E-state index in [-0.39, 0.29) is 18.8 Å². The molecule has 218 valence electrons. The molecule has 1 aliphatic heterocycles. The van der Waals surface area contributed by atoms with Crippen molar-refractivity contribution in [3.8, 4) is 12.3 Å². The second-order valence-corrected chi connectivity index (χ2v) is 9.15. The minimum Gasteiger partial charge on any atom is -0.394 e. The van der Waals surface area contributed by atoms with Crippen LogP contribution in [0.25, 0.3) is 0 Å². The van der Waals surface area contributed by atoms with Crippen molar-refractivity contribution < 1.29 is 19.3 Å². The monoisotopic (exact) mass is 532 g/mol. The van der Waals surface area contributed by atoms with Crippen LogP contribution in [0.5, 0.6) is 0 Å². The second kappa shape index (κ2) is 25.3. The van der Waals surface area contributed by atoms with Crippen LogP contribution >= 0.6 is 0 Å². The van der Waals surface area contributed by atoms with Gasteiger partial charge in [-0.15, -0.1) is 13.0 Å². The van der Waals surface area contributed by atoms with Crippen LogP contribution in [0.2, 0.25) is 0 Å². The maximum absolute atomic E-state index is 8.33. The average molecular weight is 533 g/mol. The van der Waals surface area contributed by atoms with Crippen LogP contribution in [-0.2, 0) is 20.6 Å². The molecule has 38 heavy (non-hydrogen) atoms. The molecule has 0 saturated carbocycles. The number of benzene rings is 1. The Morgan fingerprint density at radius 3 is 2.32 bits per heavy atom. The molecular weight excluding hydrogens is 476 g/mol. The van der Waals surface area contributed by atoms with Gasteiger partial charge in [0, 0.05) is 11.6 Å². The molecule has 6 heteroatoms. The molecule has 2 rings (SSSR count). The molecule has 0 radical (unpaired) electrons. The highest BCUT2D eigenvalue weighted by Gasteiger charge is 2.38. The summed E-state index contributed by atoms with van der Waals surface area (Å²) in [6.45, 7) is 20.7. The average Bonchev–Trinajstić information content (AvgIpc) is 2.96. The Hall–Kier alpha value is -1.98. The number of nitrogens with two attached hydrogens (primary N) is 2. The maximum atomic E-state index is 8.33. The highest BCUT2D eigenvalue weighted by atomic mass is 16.5. The third-order valence-corrected chi connectivity index (χ3v) is 6.02. The van der Waals surface area contributed by atoms with Crippen LogP contribution in [0.1, 0.15) is 65.9 Å². The van der Waals surface area contributed by atoms with Gasteiger partial charge in [-0.2, -0.15) is 0 Å². The quantitative estimate of drug-likeness (QED) is 0.181. The van der Waals surface area contributed by atoms with Gasteiger partial charge in [-0.3, -0.25) is 0 Å². The number of aliphatic hydroxyl groups is 1.